The normalized spacial score (nSPS) is 18.1. The van der Waals surface area contributed by atoms with Crippen LogP contribution in [-0.2, 0) is 15.8 Å². The Balaban J connectivity index is 2.03. The summed E-state index contributed by atoms with van der Waals surface area (Å²) in [4.78, 5) is 0. The Bertz CT molecular complexity index is 537. The van der Waals surface area contributed by atoms with Gasteiger partial charge < -0.3 is 10.1 Å². The second kappa shape index (κ2) is 6.56. The zero-order chi connectivity index (χ0) is 14.6. The van der Waals surface area contributed by atoms with Gasteiger partial charge in [-0.3, -0.25) is 0 Å². The number of nitrogens with one attached hydrogen (secondary N) is 1. The maximum absolute atomic E-state index is 12.4. The number of methoxy groups -OCH3 is 1. The van der Waals surface area contributed by atoms with E-state index in [1.807, 2.05) is 25.2 Å². The summed E-state index contributed by atoms with van der Waals surface area (Å²) >= 11 is 0. The molecule has 0 aromatic heterocycles. The van der Waals surface area contributed by atoms with Crippen molar-refractivity contribution in [1.82, 2.24) is 9.62 Å². The predicted molar refractivity (Wildman–Crippen MR) is 79.3 cm³/mol. The number of benzene rings is 1. The average Bonchev–Trinajstić information content (AvgIpc) is 2.47. The lowest BCUT2D eigenvalue weighted by atomic mass is 10.1. The van der Waals surface area contributed by atoms with E-state index in [4.69, 9.17) is 4.74 Å². The van der Waals surface area contributed by atoms with Crippen molar-refractivity contribution in [3.8, 4) is 5.75 Å². The molecule has 1 aromatic carbocycles. The highest BCUT2D eigenvalue weighted by Crippen LogP contribution is 2.20. The van der Waals surface area contributed by atoms with E-state index in [0.717, 1.165) is 18.4 Å². The molecule has 6 heteroatoms. The van der Waals surface area contributed by atoms with Crippen LogP contribution in [0.3, 0.4) is 0 Å². The average molecular weight is 298 g/mol. The van der Waals surface area contributed by atoms with E-state index in [0.29, 0.717) is 24.9 Å². The molecule has 0 aliphatic carbocycles. The molecule has 1 aliphatic heterocycles. The highest BCUT2D eigenvalue weighted by Gasteiger charge is 2.27. The lowest BCUT2D eigenvalue weighted by molar-refractivity contribution is 0.298. The Morgan fingerprint density at radius 1 is 1.35 bits per heavy atom. The van der Waals surface area contributed by atoms with Crippen molar-refractivity contribution < 1.29 is 13.2 Å². The Morgan fingerprint density at radius 3 is 2.65 bits per heavy atom. The summed E-state index contributed by atoms with van der Waals surface area (Å²) in [5.41, 5.74) is 0.764. The first-order valence-electron chi connectivity index (χ1n) is 6.83. The van der Waals surface area contributed by atoms with Gasteiger partial charge in [0.2, 0.25) is 10.0 Å². The van der Waals surface area contributed by atoms with Crippen LogP contribution in [0.15, 0.2) is 24.3 Å². The molecule has 1 heterocycles. The minimum Gasteiger partial charge on any atom is -0.497 e. The van der Waals surface area contributed by atoms with Crippen molar-refractivity contribution in [2.75, 3.05) is 27.2 Å². The second-order valence-corrected chi connectivity index (χ2v) is 7.04. The van der Waals surface area contributed by atoms with E-state index < -0.39 is 10.0 Å². The van der Waals surface area contributed by atoms with Crippen LogP contribution in [0.4, 0.5) is 0 Å². The molecule has 1 aliphatic rings. The molecule has 2 rings (SSSR count). The van der Waals surface area contributed by atoms with Crippen LogP contribution >= 0.6 is 0 Å². The number of ether oxygens (including phenoxy) is 1. The molecule has 0 spiro atoms. The van der Waals surface area contributed by atoms with Crippen molar-refractivity contribution in [2.45, 2.75) is 24.6 Å². The lowest BCUT2D eigenvalue weighted by Crippen LogP contribution is -2.44. The monoisotopic (exact) mass is 298 g/mol. The molecule has 1 saturated heterocycles. The minimum absolute atomic E-state index is 0.0361. The van der Waals surface area contributed by atoms with Gasteiger partial charge in [-0.05, 0) is 37.6 Å². The maximum atomic E-state index is 12.4. The smallest absolute Gasteiger partial charge is 0.218 e. The van der Waals surface area contributed by atoms with Crippen LogP contribution < -0.4 is 10.1 Å². The van der Waals surface area contributed by atoms with Gasteiger partial charge in [0.05, 0.1) is 12.9 Å². The molecule has 1 fully saturated rings. The summed E-state index contributed by atoms with van der Waals surface area (Å²) in [6.45, 7) is 1.19. The van der Waals surface area contributed by atoms with Gasteiger partial charge in [0, 0.05) is 19.1 Å². The Labute approximate surface area is 121 Å². The number of sulfonamides is 1. The van der Waals surface area contributed by atoms with E-state index in [1.54, 1.807) is 17.5 Å². The van der Waals surface area contributed by atoms with Gasteiger partial charge in [-0.1, -0.05) is 12.1 Å². The van der Waals surface area contributed by atoms with Crippen LogP contribution in [0.5, 0.6) is 5.75 Å². The standard InChI is InChI=1S/C14H22N2O3S/c1-15-13-6-8-16(9-7-13)20(17,18)11-12-4-3-5-14(10-12)19-2/h3-5,10,13,15H,6-9,11H2,1-2H3. The Hall–Kier alpha value is -1.11. The SMILES string of the molecule is CNC1CCN(S(=O)(=O)Cc2cccc(OC)c2)CC1. The number of nitrogens with zero attached hydrogens (tertiary/aromatic N) is 1. The van der Waals surface area contributed by atoms with E-state index in [9.17, 15) is 8.42 Å². The van der Waals surface area contributed by atoms with E-state index in [1.165, 1.54) is 0 Å². The molecular formula is C14H22N2O3S. The van der Waals surface area contributed by atoms with Gasteiger partial charge in [-0.25, -0.2) is 12.7 Å². The third-order valence-electron chi connectivity index (χ3n) is 3.74. The van der Waals surface area contributed by atoms with Crippen LogP contribution in [-0.4, -0.2) is 46.0 Å². The van der Waals surface area contributed by atoms with Crippen molar-refractivity contribution in [3.05, 3.63) is 29.8 Å². The fourth-order valence-corrected chi connectivity index (χ4v) is 4.04. The molecule has 20 heavy (non-hydrogen) atoms. The van der Waals surface area contributed by atoms with Gasteiger partial charge >= 0.3 is 0 Å². The van der Waals surface area contributed by atoms with Crippen molar-refractivity contribution in [1.29, 1.82) is 0 Å². The summed E-state index contributed by atoms with van der Waals surface area (Å²) < 4.78 is 31.6. The first-order chi connectivity index (χ1) is 9.55. The fraction of sp³-hybridized carbons (Fsp3) is 0.571. The predicted octanol–water partition coefficient (Wildman–Crippen LogP) is 1.21. The second-order valence-electron chi connectivity index (χ2n) is 5.07. The molecule has 1 aromatic rings. The molecule has 0 saturated carbocycles. The largest absolute Gasteiger partial charge is 0.497 e. The third kappa shape index (κ3) is 3.71. The van der Waals surface area contributed by atoms with Gasteiger partial charge in [0.25, 0.3) is 0 Å². The molecule has 0 amide bonds. The van der Waals surface area contributed by atoms with E-state index >= 15 is 0 Å². The Kier molecular flexibility index (Phi) is 5.01. The van der Waals surface area contributed by atoms with Crippen molar-refractivity contribution in [3.63, 3.8) is 0 Å². The Morgan fingerprint density at radius 2 is 2.05 bits per heavy atom. The minimum atomic E-state index is -3.24. The molecule has 1 N–H and O–H groups in total. The van der Waals surface area contributed by atoms with Gasteiger partial charge in [0.15, 0.2) is 0 Å². The topological polar surface area (TPSA) is 58.6 Å². The molecule has 5 nitrogen and oxygen atoms in total. The lowest BCUT2D eigenvalue weighted by Gasteiger charge is -2.31. The van der Waals surface area contributed by atoms with Gasteiger partial charge in [-0.15, -0.1) is 0 Å². The van der Waals surface area contributed by atoms with Crippen LogP contribution in [0.2, 0.25) is 0 Å². The third-order valence-corrected chi connectivity index (χ3v) is 5.59. The highest BCUT2D eigenvalue weighted by atomic mass is 32.2. The molecule has 0 bridgehead atoms. The quantitative estimate of drug-likeness (QED) is 0.887. The molecular weight excluding hydrogens is 276 g/mol. The number of rotatable bonds is 5. The number of piperidine rings is 1. The van der Waals surface area contributed by atoms with Gasteiger partial charge in [0.1, 0.15) is 5.75 Å². The summed E-state index contributed by atoms with van der Waals surface area (Å²) in [6, 6.07) is 7.65. The number of hydrogen-bond donors (Lipinski definition) is 1. The van der Waals surface area contributed by atoms with Crippen LogP contribution in [0.25, 0.3) is 0 Å². The maximum Gasteiger partial charge on any atom is 0.218 e. The summed E-state index contributed by atoms with van der Waals surface area (Å²) in [7, 11) is 0.258. The van der Waals surface area contributed by atoms with Gasteiger partial charge in [-0.2, -0.15) is 0 Å². The zero-order valence-electron chi connectivity index (χ0n) is 12.0. The highest BCUT2D eigenvalue weighted by molar-refractivity contribution is 7.88. The number of hydrogen-bond acceptors (Lipinski definition) is 4. The van der Waals surface area contributed by atoms with E-state index in [2.05, 4.69) is 5.32 Å². The van der Waals surface area contributed by atoms with E-state index in [-0.39, 0.29) is 5.75 Å². The van der Waals surface area contributed by atoms with Crippen LogP contribution in [0.1, 0.15) is 18.4 Å². The van der Waals surface area contributed by atoms with Crippen LogP contribution in [0, 0.1) is 0 Å². The van der Waals surface area contributed by atoms with Crippen molar-refractivity contribution in [2.24, 2.45) is 0 Å². The summed E-state index contributed by atoms with van der Waals surface area (Å²) in [5, 5.41) is 3.20. The molecule has 0 unspecified atom stereocenters. The fourth-order valence-electron chi connectivity index (χ4n) is 2.49. The zero-order valence-corrected chi connectivity index (χ0v) is 12.8. The first-order valence-corrected chi connectivity index (χ1v) is 8.44. The summed E-state index contributed by atoms with van der Waals surface area (Å²) in [6.07, 6.45) is 1.74. The first kappa shape index (κ1) is 15.3. The van der Waals surface area contributed by atoms with Crippen molar-refractivity contribution >= 4 is 10.0 Å². The molecule has 112 valence electrons. The summed E-state index contributed by atoms with van der Waals surface area (Å²) in [5.74, 6) is 0.723. The molecule has 0 radical (unpaired) electrons. The molecule has 0 atom stereocenters.